The van der Waals surface area contributed by atoms with Crippen molar-refractivity contribution in [1.29, 1.82) is 0 Å². The minimum atomic E-state index is -1.57. The van der Waals surface area contributed by atoms with Crippen LogP contribution < -0.4 is 5.32 Å². The number of hydrogen-bond donors (Lipinski definition) is 1. The summed E-state index contributed by atoms with van der Waals surface area (Å²) in [6.45, 7) is 1.59. The lowest BCUT2D eigenvalue weighted by Gasteiger charge is -2.40. The van der Waals surface area contributed by atoms with Gasteiger partial charge in [-0.1, -0.05) is 48.5 Å². The molecular formula is C30H30N6O2S. The van der Waals surface area contributed by atoms with Crippen LogP contribution in [-0.4, -0.2) is 55.1 Å². The molecule has 1 amide bonds. The minimum Gasteiger partial charge on any atom is -0.317 e. The summed E-state index contributed by atoms with van der Waals surface area (Å²) >= 11 is 0. The average molecular weight is 539 g/mol. The molecule has 0 aliphatic carbocycles. The van der Waals surface area contributed by atoms with E-state index in [0.29, 0.717) is 4.90 Å². The summed E-state index contributed by atoms with van der Waals surface area (Å²) in [4.78, 5) is 21.5. The number of aryl methyl sites for hydroxylation is 1. The van der Waals surface area contributed by atoms with Gasteiger partial charge in [0.1, 0.15) is 5.84 Å². The van der Waals surface area contributed by atoms with Gasteiger partial charge in [-0.3, -0.25) is 9.48 Å². The highest BCUT2D eigenvalue weighted by molar-refractivity contribution is 7.83. The molecule has 4 aliphatic rings. The number of amidine groups is 1. The number of benzene rings is 2. The number of likely N-dealkylation sites (tertiary alicyclic amines) is 1. The van der Waals surface area contributed by atoms with Crippen LogP contribution in [-0.2, 0) is 22.8 Å². The van der Waals surface area contributed by atoms with E-state index in [0.717, 1.165) is 59.9 Å². The quantitative estimate of drug-likeness (QED) is 0.550. The molecule has 3 atom stereocenters. The Hall–Kier alpha value is -3.82. The highest BCUT2D eigenvalue weighted by Crippen LogP contribution is 2.60. The Kier molecular flexibility index (Phi) is 5.68. The molecule has 7 rings (SSSR count). The number of hydrogen-bond acceptors (Lipinski definition) is 5. The Morgan fingerprint density at radius 1 is 0.974 bits per heavy atom. The van der Waals surface area contributed by atoms with Gasteiger partial charge in [-0.05, 0) is 49.2 Å². The summed E-state index contributed by atoms with van der Waals surface area (Å²) in [6.07, 6.45) is 7.15. The second-order valence-electron chi connectivity index (χ2n) is 10.7. The predicted octanol–water partition coefficient (Wildman–Crippen LogP) is 3.65. The number of aromatic nitrogens is 2. The van der Waals surface area contributed by atoms with E-state index in [9.17, 15) is 9.00 Å². The molecule has 0 bridgehead atoms. The van der Waals surface area contributed by atoms with Crippen molar-refractivity contribution in [3.63, 3.8) is 0 Å². The number of carbonyl (C=O) groups excluding carboxylic acids is 1. The van der Waals surface area contributed by atoms with E-state index in [1.807, 2.05) is 90.4 Å². The van der Waals surface area contributed by atoms with Gasteiger partial charge in [-0.2, -0.15) is 5.10 Å². The molecule has 3 aromatic rings. The number of allylic oxidation sites excluding steroid dienone is 1. The zero-order chi connectivity index (χ0) is 26.7. The van der Waals surface area contributed by atoms with Gasteiger partial charge < -0.3 is 10.2 Å². The fourth-order valence-electron chi connectivity index (χ4n) is 6.90. The molecule has 39 heavy (non-hydrogen) atoms. The van der Waals surface area contributed by atoms with Gasteiger partial charge >= 0.3 is 0 Å². The maximum atomic E-state index is 14.4. The molecule has 0 saturated carbocycles. The first-order chi connectivity index (χ1) is 19.0. The number of carbonyl (C=O) groups is 1. The zero-order valence-corrected chi connectivity index (χ0v) is 22.8. The molecule has 8 nitrogen and oxygen atoms in total. The van der Waals surface area contributed by atoms with Crippen LogP contribution in [0.1, 0.15) is 24.0 Å². The lowest BCUT2D eigenvalue weighted by molar-refractivity contribution is -0.137. The molecular weight excluding hydrogens is 508 g/mol. The molecule has 198 valence electrons. The molecule has 2 saturated heterocycles. The van der Waals surface area contributed by atoms with E-state index in [1.165, 1.54) is 0 Å². The summed E-state index contributed by atoms with van der Waals surface area (Å²) in [5.74, 6) is 0.547. The van der Waals surface area contributed by atoms with Crippen LogP contribution in [0.2, 0.25) is 0 Å². The molecule has 5 heterocycles. The third-order valence-electron chi connectivity index (χ3n) is 8.62. The van der Waals surface area contributed by atoms with E-state index >= 15 is 0 Å². The molecule has 1 aromatic heterocycles. The lowest BCUT2D eigenvalue weighted by Crippen LogP contribution is -2.48. The number of aliphatic imine (C=N–C) groups is 1. The van der Waals surface area contributed by atoms with Crippen LogP contribution in [0.3, 0.4) is 0 Å². The molecule has 4 aliphatic heterocycles. The van der Waals surface area contributed by atoms with Crippen LogP contribution in [0.15, 0.2) is 94.8 Å². The van der Waals surface area contributed by atoms with Crippen molar-refractivity contribution in [3.05, 3.63) is 96.1 Å². The summed E-state index contributed by atoms with van der Waals surface area (Å²) in [6, 6.07) is 19.8. The van der Waals surface area contributed by atoms with E-state index in [-0.39, 0.29) is 17.7 Å². The van der Waals surface area contributed by atoms with Crippen molar-refractivity contribution >= 4 is 34.0 Å². The molecule has 1 spiro atoms. The van der Waals surface area contributed by atoms with Crippen molar-refractivity contribution < 1.29 is 9.00 Å². The smallest absolute Gasteiger partial charge is 0.233 e. The van der Waals surface area contributed by atoms with E-state index in [1.54, 1.807) is 4.68 Å². The topological polar surface area (TPSA) is 82.8 Å². The van der Waals surface area contributed by atoms with Gasteiger partial charge in [0.2, 0.25) is 5.91 Å². The zero-order valence-electron chi connectivity index (χ0n) is 21.9. The van der Waals surface area contributed by atoms with Crippen LogP contribution in [0.5, 0.6) is 0 Å². The van der Waals surface area contributed by atoms with E-state index in [4.69, 9.17) is 4.99 Å². The number of fused-ring (bicyclic) bond motifs is 4. The Morgan fingerprint density at radius 2 is 1.67 bits per heavy atom. The first-order valence-corrected chi connectivity index (χ1v) is 14.4. The summed E-state index contributed by atoms with van der Waals surface area (Å²) in [5.41, 5.74) is 4.19. The molecule has 2 aromatic carbocycles. The molecule has 2 fully saturated rings. The van der Waals surface area contributed by atoms with Crippen molar-refractivity contribution in [2.75, 3.05) is 20.1 Å². The van der Waals surface area contributed by atoms with Crippen molar-refractivity contribution in [2.24, 2.45) is 29.3 Å². The van der Waals surface area contributed by atoms with Gasteiger partial charge in [0, 0.05) is 43.7 Å². The maximum absolute atomic E-state index is 14.4. The first-order valence-electron chi connectivity index (χ1n) is 13.3. The fourth-order valence-corrected chi connectivity index (χ4v) is 8.20. The number of rotatable bonds is 4. The Balaban J connectivity index is 1.52. The number of nitrogens with zero attached hydrogens (tertiary/aromatic N) is 5. The Morgan fingerprint density at radius 3 is 2.33 bits per heavy atom. The number of amides is 1. The Bertz CT molecular complexity index is 1570. The predicted molar refractivity (Wildman–Crippen MR) is 151 cm³/mol. The van der Waals surface area contributed by atoms with Gasteiger partial charge in [-0.25, -0.2) is 13.5 Å². The van der Waals surface area contributed by atoms with Gasteiger partial charge in [0.15, 0.2) is 11.0 Å². The Labute approximate surface area is 230 Å². The number of piperidine rings is 1. The van der Waals surface area contributed by atoms with E-state index < -0.39 is 16.4 Å². The highest BCUT2D eigenvalue weighted by atomic mass is 32.2. The normalized spacial score (nSPS) is 24.5. The van der Waals surface area contributed by atoms with E-state index in [2.05, 4.69) is 22.5 Å². The van der Waals surface area contributed by atoms with Crippen molar-refractivity contribution in [1.82, 2.24) is 24.3 Å². The maximum Gasteiger partial charge on any atom is 0.233 e. The second-order valence-corrected chi connectivity index (χ2v) is 12.0. The standard InChI is InChI=1S/C30H30N6O2S/c1-34-19-21(17-33-34)27-24(20-9-5-3-6-10-20)25-26-23(35(2)29(37)30(26)13-15-31-16-14-30)18-32-28(25)36(27)39(38)22-11-7-4-8-12-22/h3-12,17-19,25-26,31H,13-16H2,1-2H3. The monoisotopic (exact) mass is 538 g/mol. The minimum absolute atomic E-state index is 0.107. The van der Waals surface area contributed by atoms with Gasteiger partial charge in [-0.15, -0.1) is 0 Å². The van der Waals surface area contributed by atoms with Crippen LogP contribution in [0.25, 0.3) is 11.3 Å². The van der Waals surface area contributed by atoms with Crippen molar-refractivity contribution in [2.45, 2.75) is 17.7 Å². The highest BCUT2D eigenvalue weighted by Gasteiger charge is 2.63. The third-order valence-corrected chi connectivity index (χ3v) is 10.00. The van der Waals surface area contributed by atoms with Crippen molar-refractivity contribution in [3.8, 4) is 0 Å². The van der Waals surface area contributed by atoms with Crippen LogP contribution in [0.4, 0.5) is 0 Å². The second kappa shape index (κ2) is 9.14. The van der Waals surface area contributed by atoms with Crippen LogP contribution >= 0.6 is 0 Å². The molecule has 9 heteroatoms. The summed E-state index contributed by atoms with van der Waals surface area (Å²) in [5, 5.41) is 7.93. The largest absolute Gasteiger partial charge is 0.317 e. The van der Waals surface area contributed by atoms with Crippen LogP contribution in [0, 0.1) is 17.3 Å². The van der Waals surface area contributed by atoms with Gasteiger partial charge in [0.25, 0.3) is 0 Å². The third kappa shape index (κ3) is 3.53. The molecule has 3 unspecified atom stereocenters. The fraction of sp³-hybridized carbons (Fsp3) is 0.300. The summed E-state index contributed by atoms with van der Waals surface area (Å²) in [7, 11) is 2.20. The first kappa shape index (κ1) is 24.2. The molecule has 1 N–H and O–H groups in total. The SMILES string of the molecule is CN1C(=O)C2(CCNCC2)C2C1=CN=C1C2C(c2ccccc2)=C(c2cnn(C)c2)N1S(=O)c1ccccc1. The van der Waals surface area contributed by atoms with Gasteiger partial charge in [0.05, 0.1) is 28.1 Å². The lowest BCUT2D eigenvalue weighted by atomic mass is 9.62. The average Bonchev–Trinajstić information content (AvgIpc) is 3.62. The summed E-state index contributed by atoms with van der Waals surface area (Å²) < 4.78 is 18.1. The molecule has 0 radical (unpaired) electrons. The number of nitrogens with one attached hydrogen (secondary N) is 1.